The van der Waals surface area contributed by atoms with Gasteiger partial charge in [-0.25, -0.2) is 0 Å². The van der Waals surface area contributed by atoms with Gasteiger partial charge in [0.1, 0.15) is 0 Å². The van der Waals surface area contributed by atoms with Gasteiger partial charge in [-0.05, 0) is 42.8 Å². The van der Waals surface area contributed by atoms with Gasteiger partial charge in [-0.2, -0.15) is 12.6 Å². The summed E-state index contributed by atoms with van der Waals surface area (Å²) in [6.07, 6.45) is 11.2. The zero-order chi connectivity index (χ0) is 12.1. The van der Waals surface area contributed by atoms with Crippen molar-refractivity contribution in [3.8, 4) is 0 Å². The second-order valence-electron chi connectivity index (χ2n) is 5.98. The highest BCUT2D eigenvalue weighted by Gasteiger charge is 2.42. The highest BCUT2D eigenvalue weighted by atomic mass is 32.1. The third kappa shape index (κ3) is 4.20. The average molecular weight is 255 g/mol. The van der Waals surface area contributed by atoms with Gasteiger partial charge in [0.25, 0.3) is 0 Å². The summed E-state index contributed by atoms with van der Waals surface area (Å²) in [6, 6.07) is 0. The molecular weight excluding hydrogens is 230 g/mol. The first kappa shape index (κ1) is 13.3. The number of carbonyl (C=O) groups is 1. The molecule has 0 bridgehead atoms. The third-order valence-corrected chi connectivity index (χ3v) is 5.08. The van der Waals surface area contributed by atoms with Crippen LogP contribution in [0.25, 0.3) is 0 Å². The van der Waals surface area contributed by atoms with E-state index in [2.05, 4.69) is 17.9 Å². The fourth-order valence-corrected chi connectivity index (χ4v) is 3.32. The van der Waals surface area contributed by atoms with Crippen molar-refractivity contribution >= 4 is 18.5 Å². The molecule has 0 saturated heterocycles. The number of amides is 1. The van der Waals surface area contributed by atoms with E-state index in [-0.39, 0.29) is 11.3 Å². The van der Waals surface area contributed by atoms with Gasteiger partial charge < -0.3 is 5.32 Å². The summed E-state index contributed by atoms with van der Waals surface area (Å²) in [7, 11) is 0. The fraction of sp³-hybridized carbons (Fsp3) is 0.929. The molecule has 1 amide bonds. The first-order chi connectivity index (χ1) is 8.24. The van der Waals surface area contributed by atoms with Crippen LogP contribution < -0.4 is 5.32 Å². The molecule has 2 aliphatic carbocycles. The van der Waals surface area contributed by atoms with E-state index in [1.807, 2.05) is 0 Å². The van der Waals surface area contributed by atoms with E-state index in [0.29, 0.717) is 6.42 Å². The van der Waals surface area contributed by atoms with Crippen molar-refractivity contribution in [1.29, 1.82) is 0 Å². The molecule has 0 heterocycles. The van der Waals surface area contributed by atoms with Gasteiger partial charge >= 0.3 is 0 Å². The van der Waals surface area contributed by atoms with Crippen LogP contribution in [0.4, 0.5) is 0 Å². The predicted octanol–water partition coefficient (Wildman–Crippen LogP) is 3.17. The maximum absolute atomic E-state index is 11.7. The summed E-state index contributed by atoms with van der Waals surface area (Å²) in [5, 5.41) is 3.06. The topological polar surface area (TPSA) is 29.1 Å². The Hall–Kier alpha value is -0.180. The van der Waals surface area contributed by atoms with Crippen LogP contribution in [0.3, 0.4) is 0 Å². The molecular formula is C14H25NOS. The normalized spacial score (nSPS) is 22.6. The Kier molecular flexibility index (Phi) is 4.78. The summed E-state index contributed by atoms with van der Waals surface area (Å²) in [5.74, 6) is 2.05. The standard InChI is InChI=1S/C14H25NOS/c16-13(10-14(11-17)7-8-14)15-9-3-6-12-4-1-2-5-12/h12,17H,1-11H2,(H,15,16). The molecule has 0 spiro atoms. The molecule has 0 aromatic heterocycles. The van der Waals surface area contributed by atoms with Gasteiger partial charge in [0.2, 0.25) is 5.91 Å². The number of nitrogens with one attached hydrogen (secondary N) is 1. The van der Waals surface area contributed by atoms with Crippen LogP contribution in [0.2, 0.25) is 0 Å². The average Bonchev–Trinajstić information content (AvgIpc) is 2.90. The Morgan fingerprint density at radius 2 is 2.00 bits per heavy atom. The highest BCUT2D eigenvalue weighted by molar-refractivity contribution is 7.80. The Bertz CT molecular complexity index is 257. The van der Waals surface area contributed by atoms with Crippen LogP contribution in [0.5, 0.6) is 0 Å². The monoisotopic (exact) mass is 255 g/mol. The number of hydrogen-bond donors (Lipinski definition) is 2. The van der Waals surface area contributed by atoms with Crippen molar-refractivity contribution in [3.63, 3.8) is 0 Å². The second-order valence-corrected chi connectivity index (χ2v) is 6.29. The Morgan fingerprint density at radius 3 is 2.59 bits per heavy atom. The first-order valence-corrected chi connectivity index (χ1v) is 7.75. The summed E-state index contributed by atoms with van der Waals surface area (Å²) >= 11 is 4.33. The molecule has 0 aliphatic heterocycles. The van der Waals surface area contributed by atoms with E-state index in [9.17, 15) is 4.79 Å². The van der Waals surface area contributed by atoms with Crippen LogP contribution in [-0.4, -0.2) is 18.2 Å². The van der Waals surface area contributed by atoms with Crippen LogP contribution in [0.15, 0.2) is 0 Å². The molecule has 98 valence electrons. The quantitative estimate of drug-likeness (QED) is 0.531. The van der Waals surface area contributed by atoms with Crippen LogP contribution >= 0.6 is 12.6 Å². The minimum absolute atomic E-state index is 0.239. The predicted molar refractivity (Wildman–Crippen MR) is 74.3 cm³/mol. The molecule has 0 radical (unpaired) electrons. The van der Waals surface area contributed by atoms with Gasteiger partial charge in [-0.1, -0.05) is 25.7 Å². The minimum Gasteiger partial charge on any atom is -0.356 e. The minimum atomic E-state index is 0.239. The van der Waals surface area contributed by atoms with Crippen molar-refractivity contribution in [3.05, 3.63) is 0 Å². The highest BCUT2D eigenvalue weighted by Crippen LogP contribution is 2.49. The van der Waals surface area contributed by atoms with Crippen molar-refractivity contribution in [2.75, 3.05) is 12.3 Å². The van der Waals surface area contributed by atoms with E-state index in [1.165, 1.54) is 44.9 Å². The molecule has 2 saturated carbocycles. The largest absolute Gasteiger partial charge is 0.356 e. The van der Waals surface area contributed by atoms with Gasteiger partial charge in [0.15, 0.2) is 0 Å². The van der Waals surface area contributed by atoms with Crippen molar-refractivity contribution in [1.82, 2.24) is 5.32 Å². The lowest BCUT2D eigenvalue weighted by Gasteiger charge is -2.12. The zero-order valence-corrected chi connectivity index (χ0v) is 11.6. The van der Waals surface area contributed by atoms with Gasteiger partial charge in [0, 0.05) is 13.0 Å². The lowest BCUT2D eigenvalue weighted by Crippen LogP contribution is -2.27. The van der Waals surface area contributed by atoms with Crippen molar-refractivity contribution in [2.45, 2.75) is 57.8 Å². The molecule has 0 atom stereocenters. The van der Waals surface area contributed by atoms with Crippen LogP contribution in [0.1, 0.15) is 57.8 Å². The van der Waals surface area contributed by atoms with Gasteiger partial charge in [-0.3, -0.25) is 4.79 Å². The van der Waals surface area contributed by atoms with Crippen LogP contribution in [-0.2, 0) is 4.79 Å². The third-order valence-electron chi connectivity index (χ3n) is 4.41. The number of carbonyl (C=O) groups excluding carboxylic acids is 1. The molecule has 1 N–H and O–H groups in total. The smallest absolute Gasteiger partial charge is 0.220 e. The first-order valence-electron chi connectivity index (χ1n) is 7.12. The van der Waals surface area contributed by atoms with E-state index in [4.69, 9.17) is 0 Å². The molecule has 2 rings (SSSR count). The Balaban J connectivity index is 1.51. The second kappa shape index (κ2) is 6.12. The molecule has 2 nitrogen and oxygen atoms in total. The maximum atomic E-state index is 11.7. The maximum Gasteiger partial charge on any atom is 0.220 e. The molecule has 0 aromatic carbocycles. The van der Waals surface area contributed by atoms with E-state index in [1.54, 1.807) is 0 Å². The molecule has 0 aromatic rings. The summed E-state index contributed by atoms with van der Waals surface area (Å²) in [4.78, 5) is 11.7. The van der Waals surface area contributed by atoms with E-state index in [0.717, 1.165) is 24.6 Å². The number of thiol groups is 1. The lowest BCUT2D eigenvalue weighted by molar-refractivity contribution is -0.122. The lowest BCUT2D eigenvalue weighted by atomic mass is 10.0. The molecule has 2 aliphatic rings. The number of rotatable bonds is 7. The van der Waals surface area contributed by atoms with Gasteiger partial charge in [-0.15, -0.1) is 0 Å². The van der Waals surface area contributed by atoms with E-state index < -0.39 is 0 Å². The van der Waals surface area contributed by atoms with Crippen LogP contribution in [0, 0.1) is 11.3 Å². The Labute approximate surface area is 110 Å². The molecule has 17 heavy (non-hydrogen) atoms. The van der Waals surface area contributed by atoms with Crippen molar-refractivity contribution < 1.29 is 4.79 Å². The summed E-state index contributed by atoms with van der Waals surface area (Å²) in [6.45, 7) is 0.873. The molecule has 3 heteroatoms. The summed E-state index contributed by atoms with van der Waals surface area (Å²) < 4.78 is 0. The summed E-state index contributed by atoms with van der Waals surface area (Å²) in [5.41, 5.74) is 0.263. The molecule has 0 unspecified atom stereocenters. The van der Waals surface area contributed by atoms with Gasteiger partial charge in [0.05, 0.1) is 0 Å². The van der Waals surface area contributed by atoms with E-state index >= 15 is 0 Å². The number of hydrogen-bond acceptors (Lipinski definition) is 2. The zero-order valence-electron chi connectivity index (χ0n) is 10.7. The fourth-order valence-electron chi connectivity index (χ4n) is 2.89. The SMILES string of the molecule is O=C(CC1(CS)CC1)NCCCC1CCCC1. The Morgan fingerprint density at radius 1 is 1.29 bits per heavy atom. The molecule has 2 fully saturated rings. The van der Waals surface area contributed by atoms with Crippen molar-refractivity contribution in [2.24, 2.45) is 11.3 Å².